The number of esters is 1. The zero-order valence-corrected chi connectivity index (χ0v) is 12.8. The van der Waals surface area contributed by atoms with Crippen molar-refractivity contribution in [3.63, 3.8) is 0 Å². The number of pyridine rings is 1. The van der Waals surface area contributed by atoms with E-state index < -0.39 is 11.9 Å². The highest BCUT2D eigenvalue weighted by Crippen LogP contribution is 2.29. The van der Waals surface area contributed by atoms with Gasteiger partial charge in [0.15, 0.2) is 6.61 Å². The molecule has 1 amide bonds. The van der Waals surface area contributed by atoms with Crippen LogP contribution in [-0.4, -0.2) is 23.5 Å². The summed E-state index contributed by atoms with van der Waals surface area (Å²) in [6.45, 7) is -0.308. The average molecular weight is 316 g/mol. The fourth-order valence-corrected chi connectivity index (χ4v) is 3.56. The highest BCUT2D eigenvalue weighted by atomic mass is 32.1. The molecule has 1 N–H and O–H groups in total. The molecule has 114 valence electrons. The first-order valence-electron chi connectivity index (χ1n) is 7.22. The number of hydrogen-bond donors (Lipinski definition) is 1. The van der Waals surface area contributed by atoms with Gasteiger partial charge in [0.1, 0.15) is 10.7 Å². The first-order valence-corrected chi connectivity index (χ1v) is 8.03. The number of ether oxygens (including phenoxy) is 1. The molecule has 22 heavy (non-hydrogen) atoms. The van der Waals surface area contributed by atoms with Crippen LogP contribution in [0.4, 0.5) is 5.82 Å². The fraction of sp³-hybridized carbons (Fsp3) is 0.312. The lowest BCUT2D eigenvalue weighted by Gasteiger charge is -2.08. The van der Waals surface area contributed by atoms with Crippen LogP contribution in [0.3, 0.4) is 0 Å². The number of carbonyl (C=O) groups excluding carboxylic acids is 2. The quantitative estimate of drug-likeness (QED) is 0.881. The Labute approximate surface area is 132 Å². The van der Waals surface area contributed by atoms with Crippen molar-refractivity contribution in [1.29, 1.82) is 0 Å². The number of fused-ring (bicyclic) bond motifs is 1. The van der Waals surface area contributed by atoms with Crippen LogP contribution in [-0.2, 0) is 22.4 Å². The lowest BCUT2D eigenvalue weighted by Crippen LogP contribution is -2.21. The Balaban J connectivity index is 1.53. The third-order valence-electron chi connectivity index (χ3n) is 3.46. The van der Waals surface area contributed by atoms with E-state index in [9.17, 15) is 9.59 Å². The minimum atomic E-state index is -0.435. The Bertz CT molecular complexity index is 658. The van der Waals surface area contributed by atoms with Crippen molar-refractivity contribution < 1.29 is 14.3 Å². The van der Waals surface area contributed by atoms with Gasteiger partial charge in [-0.15, -0.1) is 11.3 Å². The number of nitrogens with zero attached hydrogens (tertiary/aromatic N) is 1. The van der Waals surface area contributed by atoms with Gasteiger partial charge in [-0.05, 0) is 49.4 Å². The summed E-state index contributed by atoms with van der Waals surface area (Å²) in [5.74, 6) is -0.390. The van der Waals surface area contributed by atoms with Crippen molar-refractivity contribution >= 4 is 29.0 Å². The molecule has 2 aromatic heterocycles. The molecule has 2 aromatic rings. The smallest absolute Gasteiger partial charge is 0.348 e. The average Bonchev–Trinajstić information content (AvgIpc) is 2.98. The number of hydrogen-bond acceptors (Lipinski definition) is 5. The van der Waals surface area contributed by atoms with Crippen molar-refractivity contribution in [3.05, 3.63) is 45.8 Å². The molecule has 3 rings (SSSR count). The van der Waals surface area contributed by atoms with Crippen molar-refractivity contribution in [3.8, 4) is 0 Å². The standard InChI is InChI=1S/C16H16N2O3S/c19-15(18-14-7-3-4-8-17-14)10-21-16(20)13-9-11-5-1-2-6-12(11)22-13/h3-4,7-9H,1-2,5-6,10H2,(H,17,18,19). The molecular weight excluding hydrogens is 300 g/mol. The zero-order valence-electron chi connectivity index (χ0n) is 12.0. The van der Waals surface area contributed by atoms with E-state index in [1.807, 2.05) is 6.07 Å². The third kappa shape index (κ3) is 3.51. The third-order valence-corrected chi connectivity index (χ3v) is 4.68. The molecule has 0 saturated carbocycles. The topological polar surface area (TPSA) is 68.3 Å². The van der Waals surface area contributed by atoms with Gasteiger partial charge in [0, 0.05) is 11.1 Å². The minimum absolute atomic E-state index is 0.308. The Morgan fingerprint density at radius 1 is 1.27 bits per heavy atom. The summed E-state index contributed by atoms with van der Waals surface area (Å²) >= 11 is 1.48. The molecule has 6 heteroatoms. The van der Waals surface area contributed by atoms with E-state index >= 15 is 0 Å². The van der Waals surface area contributed by atoms with Crippen molar-refractivity contribution in [2.75, 3.05) is 11.9 Å². The maximum absolute atomic E-state index is 12.0. The molecule has 0 bridgehead atoms. The van der Waals surface area contributed by atoms with Crippen LogP contribution in [0.15, 0.2) is 30.5 Å². The van der Waals surface area contributed by atoms with Gasteiger partial charge in [0.05, 0.1) is 0 Å². The van der Waals surface area contributed by atoms with Crippen LogP contribution in [0.1, 0.15) is 33.0 Å². The van der Waals surface area contributed by atoms with Crippen LogP contribution in [0.5, 0.6) is 0 Å². The number of anilines is 1. The summed E-state index contributed by atoms with van der Waals surface area (Å²) in [4.78, 5) is 29.6. The Kier molecular flexibility index (Phi) is 4.48. The van der Waals surface area contributed by atoms with E-state index in [4.69, 9.17) is 4.74 Å². The first kappa shape index (κ1) is 14.7. The van der Waals surface area contributed by atoms with E-state index in [-0.39, 0.29) is 6.61 Å². The van der Waals surface area contributed by atoms with E-state index in [2.05, 4.69) is 10.3 Å². The molecule has 5 nitrogen and oxygen atoms in total. The molecule has 0 unspecified atom stereocenters. The summed E-state index contributed by atoms with van der Waals surface area (Å²) in [5.41, 5.74) is 1.25. The van der Waals surface area contributed by atoms with Gasteiger partial charge in [-0.1, -0.05) is 6.07 Å². The molecule has 0 radical (unpaired) electrons. The lowest BCUT2D eigenvalue weighted by molar-refractivity contribution is -0.119. The number of aromatic nitrogens is 1. The summed E-state index contributed by atoms with van der Waals surface area (Å²) in [6.07, 6.45) is 5.99. The second-order valence-electron chi connectivity index (χ2n) is 5.11. The van der Waals surface area contributed by atoms with Gasteiger partial charge >= 0.3 is 5.97 Å². The highest BCUT2D eigenvalue weighted by molar-refractivity contribution is 7.14. The van der Waals surface area contributed by atoms with Crippen molar-refractivity contribution in [2.24, 2.45) is 0 Å². The minimum Gasteiger partial charge on any atom is -0.451 e. The Hall–Kier alpha value is -2.21. The van der Waals surface area contributed by atoms with E-state index in [0.717, 1.165) is 12.8 Å². The van der Waals surface area contributed by atoms with E-state index in [1.54, 1.807) is 24.4 Å². The molecule has 1 aliphatic rings. The predicted octanol–water partition coefficient (Wildman–Crippen LogP) is 2.82. The SMILES string of the molecule is O=C(COC(=O)c1cc2c(s1)CCCC2)Nc1ccccn1. The molecular formula is C16H16N2O3S. The monoisotopic (exact) mass is 316 g/mol. The van der Waals surface area contributed by atoms with Crippen LogP contribution in [0.25, 0.3) is 0 Å². The summed E-state index contributed by atoms with van der Waals surface area (Å²) in [6, 6.07) is 7.10. The number of rotatable bonds is 4. The second-order valence-corrected chi connectivity index (χ2v) is 6.24. The summed E-state index contributed by atoms with van der Waals surface area (Å²) < 4.78 is 5.07. The largest absolute Gasteiger partial charge is 0.451 e. The van der Waals surface area contributed by atoms with Gasteiger partial charge in [-0.2, -0.15) is 0 Å². The summed E-state index contributed by atoms with van der Waals surface area (Å²) in [5, 5.41) is 2.57. The molecule has 0 saturated heterocycles. The maximum atomic E-state index is 12.0. The lowest BCUT2D eigenvalue weighted by atomic mass is 9.99. The van der Waals surface area contributed by atoms with Crippen molar-refractivity contribution in [1.82, 2.24) is 4.98 Å². The molecule has 0 atom stereocenters. The van der Waals surface area contributed by atoms with Gasteiger partial charge < -0.3 is 10.1 Å². The van der Waals surface area contributed by atoms with Crippen LogP contribution >= 0.6 is 11.3 Å². The molecule has 0 aromatic carbocycles. The number of nitrogens with one attached hydrogen (secondary N) is 1. The highest BCUT2D eigenvalue weighted by Gasteiger charge is 2.18. The second kappa shape index (κ2) is 6.70. The Morgan fingerprint density at radius 2 is 2.14 bits per heavy atom. The first-order chi connectivity index (χ1) is 10.7. The predicted molar refractivity (Wildman–Crippen MR) is 84.1 cm³/mol. The van der Waals surface area contributed by atoms with Crippen LogP contribution in [0.2, 0.25) is 0 Å². The molecule has 0 fully saturated rings. The molecule has 1 aliphatic carbocycles. The fourth-order valence-electron chi connectivity index (χ4n) is 2.41. The number of carbonyl (C=O) groups is 2. The number of aryl methyl sites for hydroxylation is 2. The molecule has 0 aliphatic heterocycles. The zero-order chi connectivity index (χ0) is 15.4. The van der Waals surface area contributed by atoms with E-state index in [1.165, 1.54) is 34.6 Å². The molecule has 2 heterocycles. The normalized spacial score (nSPS) is 13.3. The molecule has 0 spiro atoms. The van der Waals surface area contributed by atoms with Crippen LogP contribution < -0.4 is 5.32 Å². The number of amides is 1. The van der Waals surface area contributed by atoms with E-state index in [0.29, 0.717) is 10.7 Å². The van der Waals surface area contributed by atoms with Gasteiger partial charge in [-0.3, -0.25) is 4.79 Å². The Morgan fingerprint density at radius 3 is 2.91 bits per heavy atom. The summed E-state index contributed by atoms with van der Waals surface area (Å²) in [7, 11) is 0. The van der Waals surface area contributed by atoms with Gasteiger partial charge in [-0.25, -0.2) is 9.78 Å². The van der Waals surface area contributed by atoms with Crippen LogP contribution in [0, 0.1) is 0 Å². The van der Waals surface area contributed by atoms with Gasteiger partial charge in [0.25, 0.3) is 5.91 Å². The van der Waals surface area contributed by atoms with Crippen molar-refractivity contribution in [2.45, 2.75) is 25.7 Å². The maximum Gasteiger partial charge on any atom is 0.348 e. The van der Waals surface area contributed by atoms with Gasteiger partial charge in [0.2, 0.25) is 0 Å². The number of thiophene rings is 1.